The lowest BCUT2D eigenvalue weighted by atomic mass is 10.1. The van der Waals surface area contributed by atoms with Gasteiger partial charge in [0, 0.05) is 50.6 Å². The van der Waals surface area contributed by atoms with E-state index in [9.17, 15) is 18.8 Å². The molecule has 1 saturated heterocycles. The molecule has 2 aliphatic rings. The quantitative estimate of drug-likeness (QED) is 0.739. The lowest BCUT2D eigenvalue weighted by Crippen LogP contribution is -2.34. The number of nitrogens with one attached hydrogen (secondary N) is 1. The van der Waals surface area contributed by atoms with E-state index in [-0.39, 0.29) is 30.2 Å². The molecular formula is C20H27N5O3S. The lowest BCUT2D eigenvalue weighted by molar-refractivity contribution is 0.233. The number of rotatable bonds is 6. The fourth-order valence-electron chi connectivity index (χ4n) is 4.79. The molecule has 0 spiro atoms. The summed E-state index contributed by atoms with van der Waals surface area (Å²) in [6.45, 7) is 0.990. The van der Waals surface area contributed by atoms with Crippen LogP contribution in [0.2, 0.25) is 0 Å². The molecule has 2 fully saturated rings. The Balaban J connectivity index is 1.47. The molecule has 2 aromatic heterocycles. The minimum absolute atomic E-state index is 0.0447. The average molecular weight is 418 g/mol. The zero-order valence-corrected chi connectivity index (χ0v) is 17.4. The van der Waals surface area contributed by atoms with Gasteiger partial charge in [-0.25, -0.2) is 17.7 Å². The summed E-state index contributed by atoms with van der Waals surface area (Å²) >= 11 is 0. The fourth-order valence-corrected chi connectivity index (χ4v) is 6.72. The Kier molecular flexibility index (Phi) is 5.51. The third kappa shape index (κ3) is 3.84. The number of nitrogens with zero attached hydrogens (tertiary/aromatic N) is 4. The molecule has 0 bridgehead atoms. The second kappa shape index (κ2) is 7.94. The average Bonchev–Trinajstić information content (AvgIpc) is 3.45. The maximum atomic E-state index is 12.8. The smallest absolute Gasteiger partial charge is 0.214 e. The van der Waals surface area contributed by atoms with Crippen LogP contribution in [0.4, 0.5) is 5.69 Å². The third-order valence-corrected chi connectivity index (χ3v) is 8.45. The van der Waals surface area contributed by atoms with Gasteiger partial charge < -0.3 is 15.0 Å². The first-order valence-corrected chi connectivity index (χ1v) is 11.7. The van der Waals surface area contributed by atoms with Crippen molar-refractivity contribution in [3.63, 3.8) is 0 Å². The summed E-state index contributed by atoms with van der Waals surface area (Å²) in [5.74, 6) is 0.332. The van der Waals surface area contributed by atoms with E-state index >= 15 is 0 Å². The monoisotopic (exact) mass is 417 g/mol. The van der Waals surface area contributed by atoms with Gasteiger partial charge >= 0.3 is 0 Å². The van der Waals surface area contributed by atoms with Crippen molar-refractivity contribution in [3.05, 3.63) is 24.0 Å². The van der Waals surface area contributed by atoms with Gasteiger partial charge in [0.15, 0.2) is 0 Å². The molecule has 8 nitrogen and oxygen atoms in total. The molecule has 2 N–H and O–H groups in total. The molecule has 9 heteroatoms. The van der Waals surface area contributed by atoms with E-state index in [0.29, 0.717) is 18.7 Å². The zero-order chi connectivity index (χ0) is 20.6. The van der Waals surface area contributed by atoms with Gasteiger partial charge in [-0.2, -0.15) is 5.26 Å². The first-order chi connectivity index (χ1) is 13.9. The van der Waals surface area contributed by atoms with E-state index in [1.807, 2.05) is 19.3 Å². The number of anilines is 1. The number of aliphatic hydroxyl groups is 1. The summed E-state index contributed by atoms with van der Waals surface area (Å²) in [7, 11) is -1.32. The van der Waals surface area contributed by atoms with Crippen LogP contribution in [0.25, 0.3) is 11.0 Å². The van der Waals surface area contributed by atoms with Crippen LogP contribution in [-0.4, -0.2) is 66.3 Å². The van der Waals surface area contributed by atoms with Gasteiger partial charge in [0.2, 0.25) is 10.0 Å². The summed E-state index contributed by atoms with van der Waals surface area (Å²) in [6.07, 6.45) is 6.68. The second-order valence-corrected chi connectivity index (χ2v) is 10.3. The van der Waals surface area contributed by atoms with Crippen LogP contribution in [0, 0.1) is 23.2 Å². The molecular weight excluding hydrogens is 390 g/mol. The van der Waals surface area contributed by atoms with Crippen molar-refractivity contribution in [1.29, 1.82) is 5.26 Å². The van der Waals surface area contributed by atoms with Crippen molar-refractivity contribution in [2.24, 2.45) is 11.8 Å². The van der Waals surface area contributed by atoms with Crippen molar-refractivity contribution in [1.82, 2.24) is 14.3 Å². The van der Waals surface area contributed by atoms with Crippen LogP contribution in [0.1, 0.15) is 31.2 Å². The van der Waals surface area contributed by atoms with Crippen LogP contribution in [0.15, 0.2) is 18.5 Å². The van der Waals surface area contributed by atoms with Crippen LogP contribution in [0.5, 0.6) is 0 Å². The third-order valence-electron chi connectivity index (χ3n) is 6.44. The van der Waals surface area contributed by atoms with E-state index in [0.717, 1.165) is 42.4 Å². The van der Waals surface area contributed by atoms with Gasteiger partial charge in [-0.15, -0.1) is 0 Å². The molecule has 1 aliphatic heterocycles. The fraction of sp³-hybridized carbons (Fsp3) is 0.600. The van der Waals surface area contributed by atoms with Gasteiger partial charge in [0.1, 0.15) is 11.7 Å². The molecule has 1 saturated carbocycles. The molecule has 0 radical (unpaired) electrons. The molecule has 2 aromatic rings. The van der Waals surface area contributed by atoms with Gasteiger partial charge in [0.05, 0.1) is 17.0 Å². The molecule has 3 heterocycles. The summed E-state index contributed by atoms with van der Waals surface area (Å²) in [4.78, 5) is 9.51. The van der Waals surface area contributed by atoms with Gasteiger partial charge in [-0.3, -0.25) is 0 Å². The van der Waals surface area contributed by atoms with E-state index < -0.39 is 10.0 Å². The number of hydrogen-bond donors (Lipinski definition) is 2. The first-order valence-electron chi connectivity index (χ1n) is 10.1. The summed E-state index contributed by atoms with van der Waals surface area (Å²) < 4.78 is 27.2. The normalized spacial score (nSPS) is 25.5. The van der Waals surface area contributed by atoms with Gasteiger partial charge in [0.25, 0.3) is 0 Å². The topological polar surface area (TPSA) is 113 Å². The van der Waals surface area contributed by atoms with Crippen molar-refractivity contribution in [2.45, 2.75) is 31.7 Å². The van der Waals surface area contributed by atoms with Crippen LogP contribution < -0.4 is 4.90 Å². The number of sulfonamides is 1. The predicted molar refractivity (Wildman–Crippen MR) is 111 cm³/mol. The summed E-state index contributed by atoms with van der Waals surface area (Å²) in [5.41, 5.74) is 2.14. The second-order valence-electron chi connectivity index (χ2n) is 8.29. The first kappa shape index (κ1) is 20.1. The standard InChI is InChI=1S/C20H27N5O3S/c1-24(19-16(9-21)10-23-20-18(19)4-6-22-20)17-3-2-14(8-17)13-29(27,28)25-7-5-15(11-25)12-26/h4,6,10,14-15,17,26H,2-3,5,7-8,11-13H2,1H3,(H,22,23)/t14-,15?,17+/m1/s1. The molecule has 4 rings (SSSR count). The molecule has 156 valence electrons. The SMILES string of the molecule is CN(c1c(C#N)cnc2[nH]ccc12)[C@H]1CC[C@@H](CS(=O)(=O)N2CCC(CO)C2)C1. The van der Waals surface area contributed by atoms with E-state index in [1.54, 1.807) is 10.5 Å². The molecule has 0 aromatic carbocycles. The van der Waals surface area contributed by atoms with Crippen molar-refractivity contribution >= 4 is 26.7 Å². The van der Waals surface area contributed by atoms with Gasteiger partial charge in [-0.05, 0) is 43.6 Å². The van der Waals surface area contributed by atoms with Crippen molar-refractivity contribution < 1.29 is 13.5 Å². The largest absolute Gasteiger partial charge is 0.396 e. The number of aromatic amines is 1. The molecule has 1 unspecified atom stereocenters. The highest BCUT2D eigenvalue weighted by atomic mass is 32.2. The number of H-pyrrole nitrogens is 1. The molecule has 1 aliphatic carbocycles. The Bertz CT molecular complexity index is 1030. The Labute approximate surface area is 171 Å². The maximum absolute atomic E-state index is 12.8. The summed E-state index contributed by atoms with van der Waals surface area (Å²) in [5, 5.41) is 19.7. The number of nitriles is 1. The number of aliphatic hydroxyl groups excluding tert-OH is 1. The molecule has 29 heavy (non-hydrogen) atoms. The van der Waals surface area contributed by atoms with Crippen LogP contribution in [-0.2, 0) is 10.0 Å². The van der Waals surface area contributed by atoms with Crippen LogP contribution >= 0.6 is 0 Å². The van der Waals surface area contributed by atoms with Crippen LogP contribution in [0.3, 0.4) is 0 Å². The Morgan fingerprint density at radius 1 is 1.38 bits per heavy atom. The van der Waals surface area contributed by atoms with Crippen molar-refractivity contribution in [2.75, 3.05) is 37.4 Å². The van der Waals surface area contributed by atoms with E-state index in [4.69, 9.17) is 0 Å². The predicted octanol–water partition coefficient (Wildman–Crippen LogP) is 1.68. The Morgan fingerprint density at radius 3 is 2.93 bits per heavy atom. The molecule has 0 amide bonds. The highest BCUT2D eigenvalue weighted by Gasteiger charge is 2.36. The lowest BCUT2D eigenvalue weighted by Gasteiger charge is -2.28. The van der Waals surface area contributed by atoms with E-state index in [2.05, 4.69) is 20.9 Å². The Morgan fingerprint density at radius 2 is 2.21 bits per heavy atom. The Hall–Kier alpha value is -2.15. The number of fused-ring (bicyclic) bond motifs is 1. The summed E-state index contributed by atoms with van der Waals surface area (Å²) in [6, 6.07) is 4.35. The number of pyridine rings is 1. The highest BCUT2D eigenvalue weighted by Crippen LogP contribution is 2.37. The zero-order valence-electron chi connectivity index (χ0n) is 16.6. The highest BCUT2D eigenvalue weighted by molar-refractivity contribution is 7.89. The van der Waals surface area contributed by atoms with Gasteiger partial charge in [-0.1, -0.05) is 0 Å². The molecule has 3 atom stereocenters. The minimum atomic E-state index is -3.30. The number of hydrogen-bond acceptors (Lipinski definition) is 6. The minimum Gasteiger partial charge on any atom is -0.396 e. The van der Waals surface area contributed by atoms with Crippen molar-refractivity contribution in [3.8, 4) is 6.07 Å². The van der Waals surface area contributed by atoms with E-state index in [1.165, 1.54) is 0 Å². The number of aromatic nitrogens is 2. The maximum Gasteiger partial charge on any atom is 0.214 e.